The number of anilines is 1. The number of nitrogen functional groups attached to an aromatic ring is 1. The topological polar surface area (TPSA) is 83.6 Å². The van der Waals surface area contributed by atoms with Crippen molar-refractivity contribution in [1.82, 2.24) is 4.31 Å². The number of hydrogen-bond acceptors (Lipinski definition) is 4. The van der Waals surface area contributed by atoms with E-state index in [2.05, 4.69) is 0 Å². The predicted molar refractivity (Wildman–Crippen MR) is 74.2 cm³/mol. The molecule has 1 aromatic rings. The molecule has 0 radical (unpaired) electrons. The Bertz CT molecular complexity index is 557. The standard InChI is InChI=1S/C13H20N2O3S/c1-10-4-5-13(12(14)7-10)19(17,18)15-6-2-3-11(8-15)9-16/h4-5,7,11,16H,2-3,6,8-9,14H2,1H3. The van der Waals surface area contributed by atoms with Crippen molar-refractivity contribution in [2.24, 2.45) is 5.92 Å². The summed E-state index contributed by atoms with van der Waals surface area (Å²) >= 11 is 0. The fourth-order valence-corrected chi connectivity index (χ4v) is 4.09. The molecule has 1 heterocycles. The molecule has 0 spiro atoms. The van der Waals surface area contributed by atoms with E-state index in [4.69, 9.17) is 5.73 Å². The molecule has 0 bridgehead atoms. The lowest BCUT2D eigenvalue weighted by Gasteiger charge is -2.31. The molecule has 106 valence electrons. The second-order valence-electron chi connectivity index (χ2n) is 5.10. The molecule has 1 fully saturated rings. The van der Waals surface area contributed by atoms with Crippen molar-refractivity contribution in [1.29, 1.82) is 0 Å². The number of piperidine rings is 1. The summed E-state index contributed by atoms with van der Waals surface area (Å²) in [5.74, 6) is 0.0233. The van der Waals surface area contributed by atoms with Crippen LogP contribution in [0.4, 0.5) is 5.69 Å². The van der Waals surface area contributed by atoms with Gasteiger partial charge < -0.3 is 10.8 Å². The van der Waals surface area contributed by atoms with Gasteiger partial charge in [-0.25, -0.2) is 8.42 Å². The Labute approximate surface area is 114 Å². The van der Waals surface area contributed by atoms with Crippen molar-refractivity contribution >= 4 is 15.7 Å². The minimum atomic E-state index is -3.56. The Morgan fingerprint density at radius 2 is 2.21 bits per heavy atom. The van der Waals surface area contributed by atoms with Crippen LogP contribution in [0.15, 0.2) is 23.1 Å². The summed E-state index contributed by atoms with van der Waals surface area (Å²) < 4.78 is 26.5. The third-order valence-electron chi connectivity index (χ3n) is 3.52. The lowest BCUT2D eigenvalue weighted by Crippen LogP contribution is -2.41. The highest BCUT2D eigenvalue weighted by molar-refractivity contribution is 7.89. The normalized spacial score (nSPS) is 21.5. The van der Waals surface area contributed by atoms with E-state index < -0.39 is 10.0 Å². The van der Waals surface area contributed by atoms with Crippen molar-refractivity contribution < 1.29 is 13.5 Å². The highest BCUT2D eigenvalue weighted by Gasteiger charge is 2.31. The summed E-state index contributed by atoms with van der Waals surface area (Å²) in [6.07, 6.45) is 1.64. The number of nitrogens with two attached hydrogens (primary N) is 1. The SMILES string of the molecule is Cc1ccc(S(=O)(=O)N2CCCC(CO)C2)c(N)c1. The fraction of sp³-hybridized carbons (Fsp3) is 0.538. The minimum Gasteiger partial charge on any atom is -0.398 e. The number of rotatable bonds is 3. The molecule has 6 heteroatoms. The van der Waals surface area contributed by atoms with E-state index >= 15 is 0 Å². The Balaban J connectivity index is 2.31. The molecule has 2 rings (SSSR count). The Morgan fingerprint density at radius 1 is 1.47 bits per heavy atom. The number of aryl methyl sites for hydroxylation is 1. The molecule has 0 aromatic heterocycles. The average molecular weight is 284 g/mol. The maximum absolute atomic E-state index is 12.5. The summed E-state index contributed by atoms with van der Waals surface area (Å²) in [5, 5.41) is 9.19. The summed E-state index contributed by atoms with van der Waals surface area (Å²) in [5.41, 5.74) is 7.04. The van der Waals surface area contributed by atoms with Crippen molar-refractivity contribution in [3.63, 3.8) is 0 Å². The number of hydrogen-bond donors (Lipinski definition) is 2. The van der Waals surface area contributed by atoms with Crippen molar-refractivity contribution in [3.8, 4) is 0 Å². The second kappa shape index (κ2) is 5.48. The summed E-state index contributed by atoms with van der Waals surface area (Å²) in [7, 11) is -3.56. The zero-order valence-electron chi connectivity index (χ0n) is 11.0. The molecule has 0 aliphatic carbocycles. The van der Waals surface area contributed by atoms with Gasteiger partial charge in [-0.3, -0.25) is 0 Å². The monoisotopic (exact) mass is 284 g/mol. The van der Waals surface area contributed by atoms with Crippen molar-refractivity contribution in [3.05, 3.63) is 23.8 Å². The molecule has 5 nitrogen and oxygen atoms in total. The molecule has 3 N–H and O–H groups in total. The predicted octanol–water partition coefficient (Wildman–Crippen LogP) is 0.970. The Hall–Kier alpha value is -1.11. The van der Waals surface area contributed by atoms with Gasteiger partial charge in [0.15, 0.2) is 0 Å². The zero-order valence-corrected chi connectivity index (χ0v) is 11.9. The van der Waals surface area contributed by atoms with Crippen LogP contribution < -0.4 is 5.73 Å². The van der Waals surface area contributed by atoms with Crippen LogP contribution >= 0.6 is 0 Å². The van der Waals surface area contributed by atoms with Gasteiger partial charge >= 0.3 is 0 Å². The molecule has 0 amide bonds. The molecule has 19 heavy (non-hydrogen) atoms. The smallest absolute Gasteiger partial charge is 0.245 e. The average Bonchev–Trinajstić information content (AvgIpc) is 2.38. The van der Waals surface area contributed by atoms with Gasteiger partial charge in [-0.05, 0) is 43.4 Å². The van der Waals surface area contributed by atoms with E-state index in [1.54, 1.807) is 18.2 Å². The van der Waals surface area contributed by atoms with Gasteiger partial charge in [0.1, 0.15) is 4.90 Å². The number of aliphatic hydroxyl groups is 1. The van der Waals surface area contributed by atoms with Gasteiger partial charge in [-0.1, -0.05) is 6.07 Å². The van der Waals surface area contributed by atoms with Crippen LogP contribution in [0.1, 0.15) is 18.4 Å². The van der Waals surface area contributed by atoms with Gasteiger partial charge in [-0.15, -0.1) is 0 Å². The van der Waals surface area contributed by atoms with E-state index in [1.807, 2.05) is 6.92 Å². The van der Waals surface area contributed by atoms with Gasteiger partial charge in [0, 0.05) is 19.7 Å². The maximum atomic E-state index is 12.5. The van der Waals surface area contributed by atoms with Gasteiger partial charge in [0.2, 0.25) is 10.0 Å². The number of benzene rings is 1. The quantitative estimate of drug-likeness (QED) is 0.810. The molecule has 1 aliphatic heterocycles. The first-order valence-corrected chi connectivity index (χ1v) is 7.86. The molecule has 1 aliphatic rings. The van der Waals surface area contributed by atoms with E-state index in [-0.39, 0.29) is 23.1 Å². The lowest BCUT2D eigenvalue weighted by atomic mass is 10.0. The fourth-order valence-electron chi connectivity index (χ4n) is 2.44. The molecule has 1 aromatic carbocycles. The van der Waals surface area contributed by atoms with Gasteiger partial charge in [0.25, 0.3) is 0 Å². The largest absolute Gasteiger partial charge is 0.398 e. The maximum Gasteiger partial charge on any atom is 0.245 e. The lowest BCUT2D eigenvalue weighted by molar-refractivity contribution is 0.165. The van der Waals surface area contributed by atoms with Crippen LogP contribution in [0.3, 0.4) is 0 Å². The Morgan fingerprint density at radius 3 is 2.84 bits per heavy atom. The first-order chi connectivity index (χ1) is 8.95. The van der Waals surface area contributed by atoms with Gasteiger partial charge in [-0.2, -0.15) is 4.31 Å². The molecule has 1 unspecified atom stereocenters. The molecule has 1 atom stereocenters. The van der Waals surface area contributed by atoms with Crippen LogP contribution in [0.25, 0.3) is 0 Å². The van der Waals surface area contributed by atoms with E-state index in [1.165, 1.54) is 4.31 Å². The van der Waals surface area contributed by atoms with Crippen molar-refractivity contribution in [2.45, 2.75) is 24.7 Å². The summed E-state index contributed by atoms with van der Waals surface area (Å²) in [4.78, 5) is 0.164. The molecular formula is C13H20N2O3S. The molecular weight excluding hydrogens is 264 g/mol. The second-order valence-corrected chi connectivity index (χ2v) is 7.00. The van der Waals surface area contributed by atoms with Crippen molar-refractivity contribution in [2.75, 3.05) is 25.4 Å². The van der Waals surface area contributed by atoms with Crippen LogP contribution in [0.5, 0.6) is 0 Å². The third kappa shape index (κ3) is 2.91. The van der Waals surface area contributed by atoms with Crippen LogP contribution in [0.2, 0.25) is 0 Å². The number of aliphatic hydroxyl groups excluding tert-OH is 1. The highest BCUT2D eigenvalue weighted by atomic mass is 32.2. The summed E-state index contributed by atoms with van der Waals surface area (Å²) in [6.45, 7) is 2.75. The van der Waals surface area contributed by atoms with Crippen LogP contribution in [0, 0.1) is 12.8 Å². The summed E-state index contributed by atoms with van der Waals surface area (Å²) in [6, 6.07) is 4.97. The molecule has 1 saturated heterocycles. The Kier molecular flexibility index (Phi) is 4.13. The molecule has 0 saturated carbocycles. The number of nitrogens with zero attached hydrogens (tertiary/aromatic N) is 1. The minimum absolute atomic E-state index is 0.0232. The first-order valence-electron chi connectivity index (χ1n) is 6.42. The van der Waals surface area contributed by atoms with E-state index in [0.29, 0.717) is 13.1 Å². The van der Waals surface area contributed by atoms with E-state index in [9.17, 15) is 13.5 Å². The number of sulfonamides is 1. The first kappa shape index (κ1) is 14.3. The zero-order chi connectivity index (χ0) is 14.0. The van der Waals surface area contributed by atoms with E-state index in [0.717, 1.165) is 18.4 Å². The third-order valence-corrected chi connectivity index (χ3v) is 5.46. The van der Waals surface area contributed by atoms with Gasteiger partial charge in [0.05, 0.1) is 5.69 Å². The highest BCUT2D eigenvalue weighted by Crippen LogP contribution is 2.27. The van der Waals surface area contributed by atoms with Crippen LogP contribution in [-0.2, 0) is 10.0 Å². The van der Waals surface area contributed by atoms with Crippen LogP contribution in [-0.4, -0.2) is 37.5 Å².